The van der Waals surface area contributed by atoms with E-state index in [4.69, 9.17) is 9.47 Å². The molecule has 1 N–H and O–H groups in total. The maximum atomic E-state index is 5.78. The molecule has 2 atom stereocenters. The lowest BCUT2D eigenvalue weighted by molar-refractivity contribution is -0.0116. The third kappa shape index (κ3) is 6.16. The molecule has 1 aromatic rings. The van der Waals surface area contributed by atoms with Gasteiger partial charge < -0.3 is 14.8 Å². The summed E-state index contributed by atoms with van der Waals surface area (Å²) in [6, 6.07) is 9.59. The molecule has 0 spiro atoms. The molecule has 2 rings (SSSR count). The van der Waals surface area contributed by atoms with Gasteiger partial charge in [-0.1, -0.05) is 31.2 Å². The average molecular weight is 291 g/mol. The third-order valence-corrected chi connectivity index (χ3v) is 3.93. The normalized spacial score (nSPS) is 17.7. The summed E-state index contributed by atoms with van der Waals surface area (Å²) in [5, 5.41) is 3.59. The molecule has 21 heavy (non-hydrogen) atoms. The summed E-state index contributed by atoms with van der Waals surface area (Å²) in [6.07, 6.45) is 2.84. The van der Waals surface area contributed by atoms with Gasteiger partial charge in [-0.2, -0.15) is 0 Å². The molecular weight excluding hydrogens is 262 g/mol. The average Bonchev–Trinajstić information content (AvgIpc) is 3.33. The number of hydrogen-bond donors (Lipinski definition) is 1. The van der Waals surface area contributed by atoms with Gasteiger partial charge in [-0.05, 0) is 43.7 Å². The van der Waals surface area contributed by atoms with E-state index >= 15 is 0 Å². The van der Waals surface area contributed by atoms with Crippen LogP contribution in [0.25, 0.3) is 0 Å². The Kier molecular flexibility index (Phi) is 6.68. The summed E-state index contributed by atoms with van der Waals surface area (Å²) in [5.74, 6) is 0.567. The van der Waals surface area contributed by atoms with Crippen molar-refractivity contribution in [1.82, 2.24) is 5.32 Å². The fourth-order valence-electron chi connectivity index (χ4n) is 2.26. The largest absolute Gasteiger partial charge is 0.379 e. The predicted octanol–water partition coefficient (Wildman–Crippen LogP) is 3.48. The molecule has 1 aromatic carbocycles. The van der Waals surface area contributed by atoms with E-state index < -0.39 is 0 Å². The van der Waals surface area contributed by atoms with Crippen LogP contribution in [0.2, 0.25) is 0 Å². The Morgan fingerprint density at radius 3 is 2.52 bits per heavy atom. The fraction of sp³-hybridized carbons (Fsp3) is 0.667. The number of nitrogens with one attached hydrogen (secondary N) is 1. The molecule has 1 saturated carbocycles. The lowest BCUT2D eigenvalue weighted by Gasteiger charge is -2.15. The zero-order valence-electron chi connectivity index (χ0n) is 13.6. The highest BCUT2D eigenvalue weighted by molar-refractivity contribution is 5.25. The second-order valence-electron chi connectivity index (χ2n) is 6.11. The zero-order valence-corrected chi connectivity index (χ0v) is 13.6. The van der Waals surface area contributed by atoms with Crippen molar-refractivity contribution in [3.63, 3.8) is 0 Å². The molecule has 0 bridgehead atoms. The third-order valence-electron chi connectivity index (χ3n) is 3.93. The molecule has 0 aliphatic heterocycles. The number of hydrogen-bond acceptors (Lipinski definition) is 3. The Morgan fingerprint density at radius 2 is 1.90 bits per heavy atom. The molecule has 0 radical (unpaired) electrons. The standard InChI is InChI=1S/C18H29NO2/c1-4-20-12-15(3)21-13-16-5-7-17(8-6-16)14(2)11-19-18-9-10-18/h5-8,14-15,18-19H,4,9-13H2,1-3H3. The molecule has 3 heteroatoms. The van der Waals surface area contributed by atoms with Crippen molar-refractivity contribution < 1.29 is 9.47 Å². The maximum Gasteiger partial charge on any atom is 0.0785 e. The van der Waals surface area contributed by atoms with Crippen LogP contribution in [0, 0.1) is 0 Å². The quantitative estimate of drug-likeness (QED) is 0.716. The van der Waals surface area contributed by atoms with Gasteiger partial charge in [-0.15, -0.1) is 0 Å². The summed E-state index contributed by atoms with van der Waals surface area (Å²) in [4.78, 5) is 0. The van der Waals surface area contributed by atoms with Gasteiger partial charge in [-0.3, -0.25) is 0 Å². The second-order valence-corrected chi connectivity index (χ2v) is 6.11. The van der Waals surface area contributed by atoms with Crippen LogP contribution in [0.4, 0.5) is 0 Å². The maximum absolute atomic E-state index is 5.78. The first-order valence-corrected chi connectivity index (χ1v) is 8.20. The Hall–Kier alpha value is -0.900. The molecule has 0 aromatic heterocycles. The summed E-state index contributed by atoms with van der Waals surface area (Å²) in [5.41, 5.74) is 2.62. The van der Waals surface area contributed by atoms with Gasteiger partial charge in [0.25, 0.3) is 0 Å². The minimum absolute atomic E-state index is 0.145. The van der Waals surface area contributed by atoms with Gasteiger partial charge in [0.1, 0.15) is 0 Å². The minimum Gasteiger partial charge on any atom is -0.379 e. The van der Waals surface area contributed by atoms with E-state index in [1.165, 1.54) is 24.0 Å². The van der Waals surface area contributed by atoms with Gasteiger partial charge in [0.2, 0.25) is 0 Å². The Balaban J connectivity index is 1.72. The van der Waals surface area contributed by atoms with E-state index in [0.717, 1.165) is 19.2 Å². The summed E-state index contributed by atoms with van der Waals surface area (Å²) >= 11 is 0. The van der Waals surface area contributed by atoms with E-state index in [2.05, 4.69) is 43.4 Å². The van der Waals surface area contributed by atoms with Gasteiger partial charge in [-0.25, -0.2) is 0 Å². The highest BCUT2D eigenvalue weighted by Gasteiger charge is 2.21. The first-order valence-electron chi connectivity index (χ1n) is 8.20. The van der Waals surface area contributed by atoms with Crippen molar-refractivity contribution in [1.29, 1.82) is 0 Å². The highest BCUT2D eigenvalue weighted by Crippen LogP contribution is 2.21. The van der Waals surface area contributed by atoms with Gasteiger partial charge >= 0.3 is 0 Å². The van der Waals surface area contributed by atoms with E-state index in [1.807, 2.05) is 6.92 Å². The minimum atomic E-state index is 0.145. The van der Waals surface area contributed by atoms with Crippen LogP contribution >= 0.6 is 0 Å². The SMILES string of the molecule is CCOCC(C)OCc1ccc(C(C)CNC2CC2)cc1. The van der Waals surface area contributed by atoms with Crippen molar-refractivity contribution in [3.05, 3.63) is 35.4 Å². The Bertz CT molecular complexity index is 400. The molecule has 0 heterocycles. The lowest BCUT2D eigenvalue weighted by atomic mass is 10.00. The lowest BCUT2D eigenvalue weighted by Crippen LogP contribution is -2.22. The van der Waals surface area contributed by atoms with Crippen molar-refractivity contribution in [2.45, 2.75) is 58.3 Å². The van der Waals surface area contributed by atoms with Gasteiger partial charge in [0.15, 0.2) is 0 Å². The van der Waals surface area contributed by atoms with Crippen LogP contribution in [0.15, 0.2) is 24.3 Å². The predicted molar refractivity (Wildman–Crippen MR) is 86.6 cm³/mol. The Morgan fingerprint density at radius 1 is 1.19 bits per heavy atom. The molecule has 2 unspecified atom stereocenters. The first kappa shape index (κ1) is 16.5. The van der Waals surface area contributed by atoms with Crippen LogP contribution in [0.5, 0.6) is 0 Å². The van der Waals surface area contributed by atoms with Crippen LogP contribution < -0.4 is 5.32 Å². The van der Waals surface area contributed by atoms with Crippen molar-refractivity contribution in [2.24, 2.45) is 0 Å². The van der Waals surface area contributed by atoms with Crippen molar-refractivity contribution >= 4 is 0 Å². The molecule has 0 saturated heterocycles. The van der Waals surface area contributed by atoms with Crippen LogP contribution in [-0.4, -0.2) is 31.9 Å². The zero-order chi connectivity index (χ0) is 15.1. The summed E-state index contributed by atoms with van der Waals surface area (Å²) in [7, 11) is 0. The second kappa shape index (κ2) is 8.52. The molecule has 1 aliphatic carbocycles. The van der Waals surface area contributed by atoms with Crippen LogP contribution in [0.1, 0.15) is 50.7 Å². The van der Waals surface area contributed by atoms with Crippen molar-refractivity contribution in [3.8, 4) is 0 Å². The summed E-state index contributed by atoms with van der Waals surface area (Å²) < 4.78 is 11.1. The van der Waals surface area contributed by atoms with Gasteiger partial charge in [0, 0.05) is 19.2 Å². The van der Waals surface area contributed by atoms with Crippen LogP contribution in [-0.2, 0) is 16.1 Å². The van der Waals surface area contributed by atoms with E-state index in [1.54, 1.807) is 0 Å². The smallest absolute Gasteiger partial charge is 0.0785 e. The topological polar surface area (TPSA) is 30.5 Å². The summed E-state index contributed by atoms with van der Waals surface area (Å²) in [6.45, 7) is 9.48. The van der Waals surface area contributed by atoms with Crippen molar-refractivity contribution in [2.75, 3.05) is 19.8 Å². The highest BCUT2D eigenvalue weighted by atomic mass is 16.5. The van der Waals surface area contributed by atoms with Gasteiger partial charge in [0.05, 0.1) is 19.3 Å². The number of rotatable bonds is 10. The molecule has 3 nitrogen and oxygen atoms in total. The molecular formula is C18H29NO2. The first-order chi connectivity index (χ1) is 10.2. The molecule has 0 amide bonds. The molecule has 1 fully saturated rings. The fourth-order valence-corrected chi connectivity index (χ4v) is 2.26. The molecule has 1 aliphatic rings. The number of benzene rings is 1. The van der Waals surface area contributed by atoms with E-state index in [0.29, 0.717) is 19.1 Å². The van der Waals surface area contributed by atoms with E-state index in [-0.39, 0.29) is 6.10 Å². The van der Waals surface area contributed by atoms with Crippen LogP contribution in [0.3, 0.4) is 0 Å². The van der Waals surface area contributed by atoms with E-state index in [9.17, 15) is 0 Å². The Labute approximate surface area is 129 Å². The monoisotopic (exact) mass is 291 g/mol. The number of ether oxygens (including phenoxy) is 2. The molecule has 118 valence electrons.